The molecule has 0 aromatic heterocycles. The quantitative estimate of drug-likeness (QED) is 0.510. The molecule has 0 amide bonds. The van der Waals surface area contributed by atoms with Crippen LogP contribution in [0.4, 0.5) is 0 Å². The number of nitrogens with one attached hydrogen (secondary N) is 1. The van der Waals surface area contributed by atoms with Gasteiger partial charge >= 0.3 is 0 Å². The molecule has 1 saturated carbocycles. The Morgan fingerprint density at radius 2 is 1.82 bits per heavy atom. The summed E-state index contributed by atoms with van der Waals surface area (Å²) in [7, 11) is 1.65. The third-order valence-electron chi connectivity index (χ3n) is 2.70. The van der Waals surface area contributed by atoms with Gasteiger partial charge in [-0.2, -0.15) is 0 Å². The van der Waals surface area contributed by atoms with Crippen molar-refractivity contribution in [3.8, 4) is 0 Å². The maximum atomic E-state index is 9.34. The molecule has 0 heterocycles. The average molecular weight is 247 g/mol. The Morgan fingerprint density at radius 1 is 1.18 bits per heavy atom. The SMILES string of the molecule is COCCOCCOCC(C)(CO)NC1CC1. The summed E-state index contributed by atoms with van der Waals surface area (Å²) in [4.78, 5) is 0. The molecule has 5 nitrogen and oxygen atoms in total. The molecule has 0 saturated heterocycles. The van der Waals surface area contributed by atoms with E-state index in [1.165, 1.54) is 12.8 Å². The molecule has 0 radical (unpaired) electrons. The summed E-state index contributed by atoms with van der Waals surface area (Å²) in [6.45, 7) is 4.90. The van der Waals surface area contributed by atoms with Gasteiger partial charge in [0.2, 0.25) is 0 Å². The van der Waals surface area contributed by atoms with Gasteiger partial charge in [-0.1, -0.05) is 0 Å². The molecule has 1 aliphatic carbocycles. The van der Waals surface area contributed by atoms with E-state index in [9.17, 15) is 5.11 Å². The van der Waals surface area contributed by atoms with E-state index in [0.29, 0.717) is 39.1 Å². The number of methoxy groups -OCH3 is 1. The van der Waals surface area contributed by atoms with Gasteiger partial charge in [-0.3, -0.25) is 0 Å². The van der Waals surface area contributed by atoms with E-state index in [-0.39, 0.29) is 12.1 Å². The smallest absolute Gasteiger partial charge is 0.0701 e. The molecule has 1 aliphatic rings. The van der Waals surface area contributed by atoms with E-state index in [1.807, 2.05) is 6.92 Å². The van der Waals surface area contributed by atoms with Crippen molar-refractivity contribution in [3.05, 3.63) is 0 Å². The Balaban J connectivity index is 1.98. The predicted octanol–water partition coefficient (Wildman–Crippen LogP) is 0.169. The first kappa shape index (κ1) is 14.9. The summed E-state index contributed by atoms with van der Waals surface area (Å²) in [6.07, 6.45) is 2.41. The fraction of sp³-hybridized carbons (Fsp3) is 1.00. The summed E-state index contributed by atoms with van der Waals surface area (Å²) >= 11 is 0. The van der Waals surface area contributed by atoms with E-state index in [0.717, 1.165) is 0 Å². The largest absolute Gasteiger partial charge is 0.394 e. The normalized spacial score (nSPS) is 19.2. The molecule has 1 unspecified atom stereocenters. The van der Waals surface area contributed by atoms with Crippen molar-refractivity contribution in [1.29, 1.82) is 0 Å². The first-order valence-electron chi connectivity index (χ1n) is 6.23. The lowest BCUT2D eigenvalue weighted by Gasteiger charge is -2.28. The summed E-state index contributed by atoms with van der Waals surface area (Å²) in [5.41, 5.74) is -0.326. The number of hydrogen-bond donors (Lipinski definition) is 2. The molecule has 0 aliphatic heterocycles. The summed E-state index contributed by atoms with van der Waals surface area (Å²) in [5, 5.41) is 12.7. The van der Waals surface area contributed by atoms with E-state index >= 15 is 0 Å². The van der Waals surface area contributed by atoms with Gasteiger partial charge in [0.1, 0.15) is 0 Å². The lowest BCUT2D eigenvalue weighted by atomic mass is 10.1. The molecule has 2 N–H and O–H groups in total. The number of ether oxygens (including phenoxy) is 3. The van der Waals surface area contributed by atoms with Gasteiger partial charge in [-0.25, -0.2) is 0 Å². The standard InChI is InChI=1S/C12H25NO4/c1-12(9-14,13-11-3-4-11)10-17-8-7-16-6-5-15-2/h11,13-14H,3-10H2,1-2H3. The number of rotatable bonds is 11. The Kier molecular flexibility index (Phi) is 6.99. The lowest BCUT2D eigenvalue weighted by Crippen LogP contribution is -2.50. The minimum atomic E-state index is -0.326. The van der Waals surface area contributed by atoms with Crippen LogP contribution >= 0.6 is 0 Å². The molecule has 0 aromatic carbocycles. The van der Waals surface area contributed by atoms with Crippen LogP contribution in [0, 0.1) is 0 Å². The summed E-state index contributed by atoms with van der Waals surface area (Å²) < 4.78 is 15.7. The summed E-state index contributed by atoms with van der Waals surface area (Å²) in [6, 6.07) is 0.564. The minimum Gasteiger partial charge on any atom is -0.394 e. The van der Waals surface area contributed by atoms with Crippen LogP contribution in [0.3, 0.4) is 0 Å². The van der Waals surface area contributed by atoms with Crippen LogP contribution in [0.2, 0.25) is 0 Å². The van der Waals surface area contributed by atoms with Crippen molar-refractivity contribution in [1.82, 2.24) is 5.32 Å². The number of aliphatic hydroxyl groups excluding tert-OH is 1. The molecule has 5 heteroatoms. The van der Waals surface area contributed by atoms with Crippen LogP contribution in [0.1, 0.15) is 19.8 Å². The van der Waals surface area contributed by atoms with Crippen LogP contribution < -0.4 is 5.32 Å². The second-order valence-electron chi connectivity index (χ2n) is 4.80. The van der Waals surface area contributed by atoms with Crippen molar-refractivity contribution in [2.75, 3.05) is 46.8 Å². The minimum absolute atomic E-state index is 0.0913. The first-order valence-corrected chi connectivity index (χ1v) is 6.23. The van der Waals surface area contributed by atoms with Gasteiger partial charge in [-0.05, 0) is 19.8 Å². The molecule has 1 rings (SSSR count). The highest BCUT2D eigenvalue weighted by molar-refractivity contribution is 4.92. The van der Waals surface area contributed by atoms with Crippen molar-refractivity contribution in [3.63, 3.8) is 0 Å². The lowest BCUT2D eigenvalue weighted by molar-refractivity contribution is -0.00211. The van der Waals surface area contributed by atoms with Gasteiger partial charge in [0.05, 0.1) is 45.2 Å². The van der Waals surface area contributed by atoms with Gasteiger partial charge in [0, 0.05) is 13.2 Å². The third-order valence-corrected chi connectivity index (χ3v) is 2.70. The monoisotopic (exact) mass is 247 g/mol. The Bertz CT molecular complexity index is 199. The van der Waals surface area contributed by atoms with Crippen LogP contribution in [-0.2, 0) is 14.2 Å². The number of hydrogen-bond acceptors (Lipinski definition) is 5. The average Bonchev–Trinajstić information content (AvgIpc) is 3.12. The second kappa shape index (κ2) is 8.00. The highest BCUT2D eigenvalue weighted by Gasteiger charge is 2.32. The highest BCUT2D eigenvalue weighted by atomic mass is 16.5. The Morgan fingerprint density at radius 3 is 2.41 bits per heavy atom. The second-order valence-corrected chi connectivity index (χ2v) is 4.80. The molecule has 0 aromatic rings. The van der Waals surface area contributed by atoms with Crippen LogP contribution in [0.15, 0.2) is 0 Å². The maximum absolute atomic E-state index is 9.34. The van der Waals surface area contributed by atoms with Crippen molar-refractivity contribution < 1.29 is 19.3 Å². The first-order chi connectivity index (χ1) is 8.20. The van der Waals surface area contributed by atoms with Gasteiger partial charge in [-0.15, -0.1) is 0 Å². The third kappa shape index (κ3) is 6.95. The highest BCUT2D eigenvalue weighted by Crippen LogP contribution is 2.22. The zero-order valence-corrected chi connectivity index (χ0v) is 10.9. The number of aliphatic hydroxyl groups is 1. The van der Waals surface area contributed by atoms with Gasteiger partial charge in [0.15, 0.2) is 0 Å². The van der Waals surface area contributed by atoms with Crippen LogP contribution in [0.25, 0.3) is 0 Å². The van der Waals surface area contributed by atoms with Crippen molar-refractivity contribution in [2.24, 2.45) is 0 Å². The van der Waals surface area contributed by atoms with Gasteiger partial charge < -0.3 is 24.6 Å². The van der Waals surface area contributed by atoms with Crippen LogP contribution in [0.5, 0.6) is 0 Å². The maximum Gasteiger partial charge on any atom is 0.0701 e. The predicted molar refractivity (Wildman–Crippen MR) is 65.2 cm³/mol. The molecule has 102 valence electrons. The van der Waals surface area contributed by atoms with Gasteiger partial charge in [0.25, 0.3) is 0 Å². The molecule has 17 heavy (non-hydrogen) atoms. The molecule has 0 bridgehead atoms. The molecular weight excluding hydrogens is 222 g/mol. The molecule has 1 atom stereocenters. The molecule has 0 spiro atoms. The Labute approximate surface area is 103 Å². The molecular formula is C12H25NO4. The Hall–Kier alpha value is -0.200. The fourth-order valence-electron chi connectivity index (χ4n) is 1.51. The van der Waals surface area contributed by atoms with Crippen molar-refractivity contribution in [2.45, 2.75) is 31.3 Å². The van der Waals surface area contributed by atoms with E-state index in [4.69, 9.17) is 14.2 Å². The zero-order chi connectivity index (χ0) is 12.6. The zero-order valence-electron chi connectivity index (χ0n) is 10.9. The van der Waals surface area contributed by atoms with Crippen LogP contribution in [-0.4, -0.2) is 63.4 Å². The van der Waals surface area contributed by atoms with Crippen molar-refractivity contribution >= 4 is 0 Å². The molecule has 1 fully saturated rings. The van der Waals surface area contributed by atoms with E-state index < -0.39 is 0 Å². The summed E-state index contributed by atoms with van der Waals surface area (Å²) in [5.74, 6) is 0. The fourth-order valence-corrected chi connectivity index (χ4v) is 1.51. The van der Waals surface area contributed by atoms with E-state index in [2.05, 4.69) is 5.32 Å². The topological polar surface area (TPSA) is 60.0 Å². The van der Waals surface area contributed by atoms with E-state index in [1.54, 1.807) is 7.11 Å².